The van der Waals surface area contributed by atoms with Gasteiger partial charge in [-0.25, -0.2) is 0 Å². The molecule has 2 aliphatic rings. The predicted molar refractivity (Wildman–Crippen MR) is 87.1 cm³/mol. The second-order valence-corrected chi connectivity index (χ2v) is 6.46. The van der Waals surface area contributed by atoms with E-state index in [0.717, 1.165) is 11.0 Å². The summed E-state index contributed by atoms with van der Waals surface area (Å²) in [6.45, 7) is 2.19. The summed E-state index contributed by atoms with van der Waals surface area (Å²) in [5.74, 6) is 0. The number of benzene rings is 2. The van der Waals surface area contributed by atoms with Gasteiger partial charge in [-0.15, -0.1) is 0 Å². The van der Waals surface area contributed by atoms with E-state index in [4.69, 9.17) is 0 Å². The molecule has 2 aromatic rings. The summed E-state index contributed by atoms with van der Waals surface area (Å²) < 4.78 is 1.14. The molecule has 0 aliphatic carbocycles. The summed E-state index contributed by atoms with van der Waals surface area (Å²) in [7, 11) is 0. The standard InChI is InChI=1S/C17H17BrN2/c18-14-7-9-15(10-8-14)20-12-13-4-1-2-5-16(13)19-11-3-6-17(19)20/h1-2,4-5,7-10,17H,3,6,11-12H2. The van der Waals surface area contributed by atoms with Crippen molar-refractivity contribution in [3.8, 4) is 0 Å². The Balaban J connectivity index is 1.76. The van der Waals surface area contributed by atoms with Gasteiger partial charge in [-0.05, 0) is 48.7 Å². The molecule has 1 atom stereocenters. The zero-order valence-corrected chi connectivity index (χ0v) is 12.9. The molecular formula is C17H17BrN2. The van der Waals surface area contributed by atoms with E-state index in [0.29, 0.717) is 6.17 Å². The largest absolute Gasteiger partial charge is 0.351 e. The molecule has 0 radical (unpaired) electrons. The lowest BCUT2D eigenvalue weighted by Crippen LogP contribution is -2.48. The molecule has 0 bridgehead atoms. The Bertz CT molecular complexity index is 623. The highest BCUT2D eigenvalue weighted by atomic mass is 79.9. The van der Waals surface area contributed by atoms with Gasteiger partial charge >= 0.3 is 0 Å². The minimum absolute atomic E-state index is 0.520. The number of nitrogens with zero attached hydrogens (tertiary/aromatic N) is 2. The molecule has 0 saturated carbocycles. The molecule has 3 heteroatoms. The van der Waals surface area contributed by atoms with E-state index in [2.05, 4.69) is 74.3 Å². The monoisotopic (exact) mass is 328 g/mol. The van der Waals surface area contributed by atoms with E-state index in [9.17, 15) is 0 Å². The lowest BCUT2D eigenvalue weighted by atomic mass is 10.1. The minimum Gasteiger partial charge on any atom is -0.351 e. The van der Waals surface area contributed by atoms with Gasteiger partial charge in [0, 0.05) is 28.9 Å². The highest BCUT2D eigenvalue weighted by molar-refractivity contribution is 9.10. The summed E-state index contributed by atoms with van der Waals surface area (Å²) in [4.78, 5) is 5.11. The van der Waals surface area contributed by atoms with E-state index in [1.165, 1.54) is 36.3 Å². The molecule has 1 unspecified atom stereocenters. The number of hydrogen-bond donors (Lipinski definition) is 0. The predicted octanol–water partition coefficient (Wildman–Crippen LogP) is 4.40. The van der Waals surface area contributed by atoms with E-state index in [1.54, 1.807) is 0 Å². The van der Waals surface area contributed by atoms with Crippen LogP contribution < -0.4 is 9.80 Å². The van der Waals surface area contributed by atoms with Gasteiger partial charge in [0.15, 0.2) is 0 Å². The van der Waals surface area contributed by atoms with Crippen molar-refractivity contribution in [1.29, 1.82) is 0 Å². The molecule has 20 heavy (non-hydrogen) atoms. The summed E-state index contributed by atoms with van der Waals surface area (Å²) in [6.07, 6.45) is 3.06. The zero-order valence-electron chi connectivity index (χ0n) is 11.3. The molecule has 1 saturated heterocycles. The Morgan fingerprint density at radius 2 is 1.75 bits per heavy atom. The van der Waals surface area contributed by atoms with Crippen molar-refractivity contribution in [1.82, 2.24) is 0 Å². The van der Waals surface area contributed by atoms with E-state index in [1.807, 2.05) is 0 Å². The van der Waals surface area contributed by atoms with Crippen LogP contribution in [-0.4, -0.2) is 12.7 Å². The van der Waals surface area contributed by atoms with Crippen LogP contribution in [0.15, 0.2) is 53.0 Å². The SMILES string of the molecule is Brc1ccc(N2Cc3ccccc3N3CCCC23)cc1. The second-order valence-electron chi connectivity index (χ2n) is 5.55. The number of fused-ring (bicyclic) bond motifs is 3. The van der Waals surface area contributed by atoms with Crippen LogP contribution in [0, 0.1) is 0 Å². The lowest BCUT2D eigenvalue weighted by molar-refractivity contribution is 0.581. The van der Waals surface area contributed by atoms with Gasteiger partial charge in [-0.1, -0.05) is 34.1 Å². The zero-order chi connectivity index (χ0) is 13.5. The maximum Gasteiger partial charge on any atom is 0.102 e. The second kappa shape index (κ2) is 4.81. The van der Waals surface area contributed by atoms with Crippen LogP contribution in [0.5, 0.6) is 0 Å². The maximum absolute atomic E-state index is 3.52. The molecule has 2 heterocycles. The first-order chi connectivity index (χ1) is 9.83. The molecule has 4 rings (SSSR count). The Labute approximate surface area is 128 Å². The minimum atomic E-state index is 0.520. The van der Waals surface area contributed by atoms with Crippen molar-refractivity contribution in [3.63, 3.8) is 0 Å². The number of hydrogen-bond acceptors (Lipinski definition) is 2. The van der Waals surface area contributed by atoms with Gasteiger partial charge in [0.05, 0.1) is 0 Å². The molecule has 102 valence electrons. The summed E-state index contributed by atoms with van der Waals surface area (Å²) in [5.41, 5.74) is 4.19. The van der Waals surface area contributed by atoms with Crippen molar-refractivity contribution < 1.29 is 0 Å². The summed E-state index contributed by atoms with van der Waals surface area (Å²) in [6, 6.07) is 17.5. The summed E-state index contributed by atoms with van der Waals surface area (Å²) >= 11 is 3.52. The van der Waals surface area contributed by atoms with Crippen LogP contribution in [0.3, 0.4) is 0 Å². The van der Waals surface area contributed by atoms with Crippen LogP contribution in [0.4, 0.5) is 11.4 Å². The smallest absolute Gasteiger partial charge is 0.102 e. The van der Waals surface area contributed by atoms with Gasteiger partial charge < -0.3 is 9.80 Å². The number of rotatable bonds is 1. The van der Waals surface area contributed by atoms with E-state index in [-0.39, 0.29) is 0 Å². The topological polar surface area (TPSA) is 6.48 Å². The van der Waals surface area contributed by atoms with Crippen molar-refractivity contribution in [2.24, 2.45) is 0 Å². The number of halogens is 1. The fraction of sp³-hybridized carbons (Fsp3) is 0.294. The summed E-state index contributed by atoms with van der Waals surface area (Å²) in [5, 5.41) is 0. The third-order valence-electron chi connectivity index (χ3n) is 4.38. The lowest BCUT2D eigenvalue weighted by Gasteiger charge is -2.43. The fourth-order valence-electron chi connectivity index (χ4n) is 3.46. The third-order valence-corrected chi connectivity index (χ3v) is 4.91. The Kier molecular flexibility index (Phi) is 2.95. The molecule has 1 fully saturated rings. The average Bonchev–Trinajstić information content (AvgIpc) is 2.97. The first kappa shape index (κ1) is 12.3. The first-order valence-electron chi connectivity index (χ1n) is 7.20. The molecule has 2 aromatic carbocycles. The number of para-hydroxylation sites is 1. The van der Waals surface area contributed by atoms with Gasteiger partial charge in [-0.2, -0.15) is 0 Å². The molecule has 0 amide bonds. The molecular weight excluding hydrogens is 312 g/mol. The normalized spacial score (nSPS) is 20.8. The van der Waals surface area contributed by atoms with Crippen molar-refractivity contribution in [3.05, 3.63) is 58.6 Å². The fourth-order valence-corrected chi connectivity index (χ4v) is 3.73. The van der Waals surface area contributed by atoms with E-state index < -0.39 is 0 Å². The molecule has 0 spiro atoms. The van der Waals surface area contributed by atoms with Gasteiger partial charge in [-0.3, -0.25) is 0 Å². The van der Waals surface area contributed by atoms with Crippen molar-refractivity contribution in [2.75, 3.05) is 16.3 Å². The van der Waals surface area contributed by atoms with Crippen LogP contribution in [0.2, 0.25) is 0 Å². The average molecular weight is 329 g/mol. The highest BCUT2D eigenvalue weighted by Gasteiger charge is 2.35. The third kappa shape index (κ3) is 1.92. The molecule has 0 N–H and O–H groups in total. The maximum atomic E-state index is 3.52. The first-order valence-corrected chi connectivity index (χ1v) is 7.99. The van der Waals surface area contributed by atoms with E-state index >= 15 is 0 Å². The molecule has 2 aliphatic heterocycles. The number of anilines is 2. The van der Waals surface area contributed by atoms with Crippen LogP contribution >= 0.6 is 15.9 Å². The van der Waals surface area contributed by atoms with Crippen molar-refractivity contribution >= 4 is 27.3 Å². The Hall–Kier alpha value is -1.48. The van der Waals surface area contributed by atoms with Gasteiger partial charge in [0.25, 0.3) is 0 Å². The highest BCUT2D eigenvalue weighted by Crippen LogP contribution is 2.38. The van der Waals surface area contributed by atoms with Crippen LogP contribution in [0.25, 0.3) is 0 Å². The van der Waals surface area contributed by atoms with Gasteiger partial charge in [0.2, 0.25) is 0 Å². The van der Waals surface area contributed by atoms with Crippen LogP contribution in [0.1, 0.15) is 18.4 Å². The molecule has 2 nitrogen and oxygen atoms in total. The van der Waals surface area contributed by atoms with Crippen LogP contribution in [-0.2, 0) is 6.54 Å². The quantitative estimate of drug-likeness (QED) is 0.765. The van der Waals surface area contributed by atoms with Crippen molar-refractivity contribution in [2.45, 2.75) is 25.6 Å². The van der Waals surface area contributed by atoms with Gasteiger partial charge in [0.1, 0.15) is 6.17 Å². The Morgan fingerprint density at radius 1 is 0.950 bits per heavy atom. The Morgan fingerprint density at radius 3 is 2.60 bits per heavy atom. The molecule has 0 aromatic heterocycles.